The Morgan fingerprint density at radius 1 is 0.676 bits per heavy atom. The molecule has 0 bridgehead atoms. The van der Waals surface area contributed by atoms with Crippen molar-refractivity contribution in [3.63, 3.8) is 0 Å². The van der Waals surface area contributed by atoms with Crippen molar-refractivity contribution in [3.8, 4) is 0 Å². The summed E-state index contributed by atoms with van der Waals surface area (Å²) in [6.45, 7) is 0.454. The summed E-state index contributed by atoms with van der Waals surface area (Å²) in [6, 6.07) is 0. The Hall–Kier alpha value is -1.63. The minimum absolute atomic E-state index is 0.253. The van der Waals surface area contributed by atoms with Crippen LogP contribution in [0.2, 0.25) is 0 Å². The molecule has 0 aromatic rings. The van der Waals surface area contributed by atoms with Gasteiger partial charge in [-0.05, 0) is 12.8 Å². The molecule has 0 unspecified atom stereocenters. The van der Waals surface area contributed by atoms with Crippen LogP contribution < -0.4 is 5.11 Å². The van der Waals surface area contributed by atoms with E-state index in [1.807, 2.05) is 21.1 Å². The molecule has 0 rings (SSSR count). The number of hydrogen-bond donors (Lipinski definition) is 1. The Morgan fingerprint density at radius 2 is 1.03 bits per heavy atom. The van der Waals surface area contributed by atoms with Gasteiger partial charge in [0.15, 0.2) is 6.10 Å². The van der Waals surface area contributed by atoms with Crippen LogP contribution in [0.25, 0.3) is 0 Å². The van der Waals surface area contributed by atoms with Gasteiger partial charge in [-0.1, -0.05) is 89.9 Å². The predicted octanol–water partition coefficient (Wildman–Crippen LogP) is 4.85. The van der Waals surface area contributed by atoms with Crippen molar-refractivity contribution in [2.75, 3.05) is 27.7 Å². The van der Waals surface area contributed by atoms with Crippen LogP contribution in [-0.4, -0.2) is 61.3 Å². The number of carboxylic acids is 2. The van der Waals surface area contributed by atoms with Crippen molar-refractivity contribution < 1.29 is 33.8 Å². The zero-order chi connectivity index (χ0) is 25.7. The van der Waals surface area contributed by atoms with E-state index in [9.17, 15) is 19.5 Å². The minimum atomic E-state index is -1.19. The number of carbonyl (C=O) groups excluding carboxylic acids is 2. The van der Waals surface area contributed by atoms with E-state index in [1.54, 1.807) is 0 Å². The predicted molar refractivity (Wildman–Crippen MR) is 133 cm³/mol. The Bertz CT molecular complexity index is 544. The Kier molecular flexibility index (Phi) is 19.7. The van der Waals surface area contributed by atoms with Gasteiger partial charge in [-0.25, -0.2) is 0 Å². The topological polar surface area (TPSA) is 104 Å². The molecule has 34 heavy (non-hydrogen) atoms. The van der Waals surface area contributed by atoms with Crippen molar-refractivity contribution in [3.05, 3.63) is 0 Å². The molecule has 1 N–H and O–H groups in total. The fourth-order valence-electron chi connectivity index (χ4n) is 4.21. The Balaban J connectivity index is 3.47. The first-order valence-electron chi connectivity index (χ1n) is 13.5. The van der Waals surface area contributed by atoms with Crippen molar-refractivity contribution >= 4 is 17.9 Å². The lowest BCUT2D eigenvalue weighted by atomic mass is 10.0. The van der Waals surface area contributed by atoms with Crippen LogP contribution in [0.1, 0.15) is 122 Å². The zero-order valence-corrected chi connectivity index (χ0v) is 22.2. The van der Waals surface area contributed by atoms with Gasteiger partial charge in [0.2, 0.25) is 0 Å². The molecule has 0 aromatic carbocycles. The second-order valence-corrected chi connectivity index (χ2v) is 10.7. The number of esters is 1. The lowest BCUT2D eigenvalue weighted by Gasteiger charge is -2.29. The van der Waals surface area contributed by atoms with E-state index < -0.39 is 18.0 Å². The Morgan fingerprint density at radius 3 is 1.35 bits per heavy atom. The lowest BCUT2D eigenvalue weighted by Crippen LogP contribution is -2.45. The van der Waals surface area contributed by atoms with Crippen LogP contribution in [0.3, 0.4) is 0 Å². The second-order valence-electron chi connectivity index (χ2n) is 10.7. The first-order valence-corrected chi connectivity index (χ1v) is 13.5. The number of likely N-dealkylation sites (N-methyl/N-ethyl adjacent to an activating group) is 1. The summed E-state index contributed by atoms with van der Waals surface area (Å²) in [7, 11) is 5.81. The van der Waals surface area contributed by atoms with Crippen LogP contribution in [0, 0.1) is 0 Å². The molecular formula is C27H51NO6. The summed E-state index contributed by atoms with van der Waals surface area (Å²) in [6.07, 6.45) is 18.5. The van der Waals surface area contributed by atoms with E-state index in [1.165, 1.54) is 64.2 Å². The molecule has 200 valence electrons. The zero-order valence-electron chi connectivity index (χ0n) is 22.2. The third-order valence-electron chi connectivity index (χ3n) is 5.97. The quantitative estimate of drug-likeness (QED) is 0.119. The first kappa shape index (κ1) is 32.4. The van der Waals surface area contributed by atoms with Gasteiger partial charge in [-0.15, -0.1) is 0 Å². The maximum Gasteiger partial charge on any atom is 0.306 e. The average Bonchev–Trinajstić information content (AvgIpc) is 2.70. The number of nitrogens with zero attached hydrogens (tertiary/aromatic N) is 1. The summed E-state index contributed by atoms with van der Waals surface area (Å²) in [5.74, 6) is -2.18. The number of unbranched alkanes of at least 4 members (excludes halogenated alkanes) is 15. The number of quaternary nitrogens is 1. The van der Waals surface area contributed by atoms with Crippen LogP contribution in [0.15, 0.2) is 0 Å². The third-order valence-corrected chi connectivity index (χ3v) is 5.97. The molecule has 0 saturated heterocycles. The van der Waals surface area contributed by atoms with Crippen molar-refractivity contribution in [1.82, 2.24) is 0 Å². The molecule has 0 aromatic heterocycles. The highest BCUT2D eigenvalue weighted by molar-refractivity contribution is 5.70. The molecule has 0 saturated carbocycles. The molecule has 0 aliphatic rings. The molecule has 0 aliphatic carbocycles. The average molecular weight is 486 g/mol. The largest absolute Gasteiger partial charge is 0.550 e. The molecule has 7 nitrogen and oxygen atoms in total. The fraction of sp³-hybridized carbons (Fsp3) is 0.889. The molecule has 1 atom stereocenters. The van der Waals surface area contributed by atoms with Gasteiger partial charge in [0.1, 0.15) is 6.54 Å². The van der Waals surface area contributed by atoms with E-state index in [4.69, 9.17) is 9.84 Å². The summed E-state index contributed by atoms with van der Waals surface area (Å²) in [4.78, 5) is 33.4. The van der Waals surface area contributed by atoms with E-state index in [2.05, 4.69) is 0 Å². The lowest BCUT2D eigenvalue weighted by molar-refractivity contribution is -0.873. The molecular weight excluding hydrogens is 434 g/mol. The third kappa shape index (κ3) is 25.0. The van der Waals surface area contributed by atoms with Crippen molar-refractivity contribution in [1.29, 1.82) is 0 Å². The Labute approximate surface area is 207 Å². The normalized spacial score (nSPS) is 12.4. The monoisotopic (exact) mass is 485 g/mol. The molecule has 0 heterocycles. The summed E-state index contributed by atoms with van der Waals surface area (Å²) < 4.78 is 5.91. The highest BCUT2D eigenvalue weighted by Gasteiger charge is 2.22. The van der Waals surface area contributed by atoms with Gasteiger partial charge < -0.3 is 24.2 Å². The van der Waals surface area contributed by atoms with Gasteiger partial charge in [0, 0.05) is 25.2 Å². The van der Waals surface area contributed by atoms with Crippen LogP contribution in [0.4, 0.5) is 0 Å². The fourth-order valence-corrected chi connectivity index (χ4v) is 4.21. The highest BCUT2D eigenvalue weighted by Crippen LogP contribution is 2.15. The van der Waals surface area contributed by atoms with Crippen LogP contribution >= 0.6 is 0 Å². The molecule has 0 amide bonds. The van der Waals surface area contributed by atoms with Gasteiger partial charge >= 0.3 is 11.9 Å². The maximum atomic E-state index is 12.0. The smallest absolute Gasteiger partial charge is 0.306 e. The molecule has 7 heteroatoms. The molecule has 0 fully saturated rings. The van der Waals surface area contributed by atoms with Gasteiger partial charge in [0.05, 0.1) is 21.1 Å². The van der Waals surface area contributed by atoms with E-state index >= 15 is 0 Å². The van der Waals surface area contributed by atoms with Gasteiger partial charge in [-0.3, -0.25) is 9.59 Å². The minimum Gasteiger partial charge on any atom is -0.550 e. The number of aliphatic carboxylic acids is 2. The standard InChI is InChI=1S/C27H51NO6/c1-28(2,3)23-24(22-26(31)32)34-27(33)21-19-17-15-13-11-9-7-5-4-6-8-10-12-14-16-18-20-25(29)30/h24H,4-23H2,1-3H3,(H-,29,30,31,32)/t24-/m1/s1. The summed E-state index contributed by atoms with van der Waals surface area (Å²) >= 11 is 0. The molecule has 0 aliphatic heterocycles. The summed E-state index contributed by atoms with van der Waals surface area (Å²) in [5.41, 5.74) is 0. The van der Waals surface area contributed by atoms with Gasteiger partial charge in [0.25, 0.3) is 0 Å². The summed E-state index contributed by atoms with van der Waals surface area (Å²) in [5, 5.41) is 19.5. The van der Waals surface area contributed by atoms with Crippen molar-refractivity contribution in [2.24, 2.45) is 0 Å². The SMILES string of the molecule is C[N+](C)(C)C[C@@H](CC(=O)[O-])OC(=O)CCCCCCCCCCCCCCCCCCC(=O)O. The molecule has 0 radical (unpaired) electrons. The number of ether oxygens (including phenoxy) is 1. The number of hydrogen-bond acceptors (Lipinski definition) is 5. The van der Waals surface area contributed by atoms with Crippen molar-refractivity contribution in [2.45, 2.75) is 128 Å². The maximum absolute atomic E-state index is 12.0. The number of carbonyl (C=O) groups is 3. The number of rotatable bonds is 24. The molecule has 0 spiro atoms. The van der Waals surface area contributed by atoms with Gasteiger partial charge in [-0.2, -0.15) is 0 Å². The van der Waals surface area contributed by atoms with E-state index in [-0.39, 0.29) is 12.4 Å². The van der Waals surface area contributed by atoms with E-state index in [0.717, 1.165) is 38.5 Å². The first-order chi connectivity index (χ1) is 16.1. The number of carboxylic acid groups (broad SMARTS) is 2. The van der Waals surface area contributed by atoms with E-state index in [0.29, 0.717) is 23.9 Å². The van der Waals surface area contributed by atoms with Crippen LogP contribution in [-0.2, 0) is 19.1 Å². The van der Waals surface area contributed by atoms with Crippen LogP contribution in [0.5, 0.6) is 0 Å². The highest BCUT2D eigenvalue weighted by atomic mass is 16.5. The second kappa shape index (κ2) is 20.7.